The molecule has 1 saturated carbocycles. The predicted molar refractivity (Wildman–Crippen MR) is 47.6 cm³/mol. The number of hydrogen-bond acceptors (Lipinski definition) is 3. The Hall–Kier alpha value is -1.27. The number of pyridine rings is 1. The van der Waals surface area contributed by atoms with Gasteiger partial charge in [-0.15, -0.1) is 0 Å². The van der Waals surface area contributed by atoms with Crippen LogP contribution in [0.1, 0.15) is 18.4 Å². The SMILES string of the molecule is N#Cc1cncc(Cl)c1OC1CC1. The molecular weight excluding hydrogens is 188 g/mol. The van der Waals surface area contributed by atoms with Crippen LogP contribution < -0.4 is 4.74 Å². The van der Waals surface area contributed by atoms with Crippen molar-refractivity contribution in [3.05, 3.63) is 23.0 Å². The third-order valence-electron chi connectivity index (χ3n) is 1.78. The van der Waals surface area contributed by atoms with E-state index < -0.39 is 0 Å². The molecule has 0 atom stereocenters. The Labute approximate surface area is 80.9 Å². The van der Waals surface area contributed by atoms with Crippen LogP contribution in [0.3, 0.4) is 0 Å². The second-order valence-electron chi connectivity index (χ2n) is 2.93. The Balaban J connectivity index is 2.34. The van der Waals surface area contributed by atoms with Gasteiger partial charge in [-0.25, -0.2) is 0 Å². The smallest absolute Gasteiger partial charge is 0.159 e. The number of nitrogens with zero attached hydrogens (tertiary/aromatic N) is 2. The van der Waals surface area contributed by atoms with Gasteiger partial charge in [0.1, 0.15) is 16.7 Å². The van der Waals surface area contributed by atoms with Gasteiger partial charge in [-0.3, -0.25) is 4.98 Å². The van der Waals surface area contributed by atoms with Crippen molar-refractivity contribution in [2.45, 2.75) is 18.9 Å². The molecule has 13 heavy (non-hydrogen) atoms. The van der Waals surface area contributed by atoms with Crippen LogP contribution in [0.25, 0.3) is 0 Å². The minimum atomic E-state index is 0.243. The molecule has 0 unspecified atom stereocenters. The van der Waals surface area contributed by atoms with E-state index in [9.17, 15) is 0 Å². The molecule has 0 spiro atoms. The molecule has 1 aromatic heterocycles. The first-order chi connectivity index (χ1) is 6.31. The lowest BCUT2D eigenvalue weighted by Crippen LogP contribution is -1.99. The summed E-state index contributed by atoms with van der Waals surface area (Å²) in [5.41, 5.74) is 0.402. The second kappa shape index (κ2) is 3.23. The first-order valence-electron chi connectivity index (χ1n) is 4.01. The number of nitriles is 1. The van der Waals surface area contributed by atoms with Crippen molar-refractivity contribution in [1.82, 2.24) is 4.98 Å². The number of halogens is 1. The van der Waals surface area contributed by atoms with Crippen LogP contribution in [-0.4, -0.2) is 11.1 Å². The molecule has 1 aliphatic carbocycles. The quantitative estimate of drug-likeness (QED) is 0.725. The molecule has 1 heterocycles. The third kappa shape index (κ3) is 1.73. The standard InChI is InChI=1S/C9H7ClN2O/c10-8-5-12-4-6(3-11)9(8)13-7-1-2-7/h4-5,7H,1-2H2. The number of rotatable bonds is 2. The molecule has 1 aliphatic rings. The largest absolute Gasteiger partial charge is 0.487 e. The average Bonchev–Trinajstić information content (AvgIpc) is 2.92. The summed E-state index contributed by atoms with van der Waals surface area (Å²) >= 11 is 5.84. The molecule has 0 saturated heterocycles. The molecule has 0 radical (unpaired) electrons. The summed E-state index contributed by atoms with van der Waals surface area (Å²) in [6, 6.07) is 2.00. The second-order valence-corrected chi connectivity index (χ2v) is 3.33. The number of aromatic nitrogens is 1. The zero-order chi connectivity index (χ0) is 9.26. The molecule has 0 amide bonds. The van der Waals surface area contributed by atoms with Gasteiger partial charge in [0.2, 0.25) is 0 Å². The van der Waals surface area contributed by atoms with Gasteiger partial charge in [0, 0.05) is 12.4 Å². The minimum absolute atomic E-state index is 0.243. The van der Waals surface area contributed by atoms with Crippen LogP contribution >= 0.6 is 11.6 Å². The van der Waals surface area contributed by atoms with Crippen LogP contribution in [0.5, 0.6) is 5.75 Å². The van der Waals surface area contributed by atoms with Crippen molar-refractivity contribution in [2.75, 3.05) is 0 Å². The maximum atomic E-state index is 8.75. The summed E-state index contributed by atoms with van der Waals surface area (Å²) in [5, 5.41) is 9.16. The first kappa shape index (κ1) is 8.33. The van der Waals surface area contributed by atoms with Gasteiger partial charge in [0.15, 0.2) is 5.75 Å². The van der Waals surface area contributed by atoms with Gasteiger partial charge in [-0.1, -0.05) is 11.6 Å². The lowest BCUT2D eigenvalue weighted by molar-refractivity contribution is 0.302. The van der Waals surface area contributed by atoms with E-state index in [2.05, 4.69) is 4.98 Å². The van der Waals surface area contributed by atoms with Crippen molar-refractivity contribution in [3.8, 4) is 11.8 Å². The van der Waals surface area contributed by atoms with Crippen LogP contribution in [0, 0.1) is 11.3 Å². The van der Waals surface area contributed by atoms with E-state index >= 15 is 0 Å². The molecule has 1 aromatic rings. The van der Waals surface area contributed by atoms with E-state index in [-0.39, 0.29) is 6.10 Å². The molecule has 1 fully saturated rings. The predicted octanol–water partition coefficient (Wildman–Crippen LogP) is 2.15. The van der Waals surface area contributed by atoms with Crippen LogP contribution in [0.4, 0.5) is 0 Å². The van der Waals surface area contributed by atoms with Crippen molar-refractivity contribution < 1.29 is 4.74 Å². The number of hydrogen-bond donors (Lipinski definition) is 0. The van der Waals surface area contributed by atoms with Gasteiger partial charge < -0.3 is 4.74 Å². The van der Waals surface area contributed by atoms with Crippen molar-refractivity contribution >= 4 is 11.6 Å². The van der Waals surface area contributed by atoms with E-state index in [1.807, 2.05) is 6.07 Å². The van der Waals surface area contributed by atoms with Crippen molar-refractivity contribution in [1.29, 1.82) is 5.26 Å². The summed E-state index contributed by atoms with van der Waals surface area (Å²) in [7, 11) is 0. The number of ether oxygens (including phenoxy) is 1. The highest BCUT2D eigenvalue weighted by Gasteiger charge is 2.25. The van der Waals surface area contributed by atoms with E-state index in [0.717, 1.165) is 12.8 Å². The minimum Gasteiger partial charge on any atom is -0.487 e. The molecule has 66 valence electrons. The topological polar surface area (TPSA) is 45.9 Å². The Morgan fingerprint density at radius 2 is 2.31 bits per heavy atom. The lowest BCUT2D eigenvalue weighted by atomic mass is 10.3. The Kier molecular flexibility index (Phi) is 2.07. The van der Waals surface area contributed by atoms with Crippen molar-refractivity contribution in [2.24, 2.45) is 0 Å². The Bertz CT molecular complexity index is 368. The fraction of sp³-hybridized carbons (Fsp3) is 0.333. The van der Waals surface area contributed by atoms with Crippen LogP contribution in [0.15, 0.2) is 12.4 Å². The van der Waals surface area contributed by atoms with E-state index in [0.29, 0.717) is 16.3 Å². The van der Waals surface area contributed by atoms with Gasteiger partial charge in [-0.05, 0) is 12.8 Å². The Morgan fingerprint density at radius 3 is 2.92 bits per heavy atom. The van der Waals surface area contributed by atoms with E-state index in [1.54, 1.807) is 0 Å². The van der Waals surface area contributed by atoms with E-state index in [1.165, 1.54) is 12.4 Å². The summed E-state index contributed by atoms with van der Waals surface area (Å²) in [4.78, 5) is 3.81. The van der Waals surface area contributed by atoms with Gasteiger partial charge in [0.05, 0.1) is 6.10 Å². The monoisotopic (exact) mass is 194 g/mol. The van der Waals surface area contributed by atoms with Gasteiger partial charge in [0.25, 0.3) is 0 Å². The molecular formula is C9H7ClN2O. The molecule has 4 heteroatoms. The molecule has 0 bridgehead atoms. The van der Waals surface area contributed by atoms with Gasteiger partial charge in [-0.2, -0.15) is 5.26 Å². The summed E-state index contributed by atoms with van der Waals surface area (Å²) < 4.78 is 5.48. The fourth-order valence-corrected chi connectivity index (χ4v) is 1.18. The first-order valence-corrected chi connectivity index (χ1v) is 4.39. The molecule has 0 N–H and O–H groups in total. The average molecular weight is 195 g/mol. The molecule has 0 aromatic carbocycles. The summed E-state index contributed by atoms with van der Waals surface area (Å²) in [6.07, 6.45) is 5.28. The normalized spacial score (nSPS) is 15.1. The highest BCUT2D eigenvalue weighted by Crippen LogP contribution is 2.33. The zero-order valence-corrected chi connectivity index (χ0v) is 7.58. The molecule has 3 nitrogen and oxygen atoms in total. The molecule has 2 rings (SSSR count). The third-order valence-corrected chi connectivity index (χ3v) is 2.05. The zero-order valence-electron chi connectivity index (χ0n) is 6.83. The fourth-order valence-electron chi connectivity index (χ4n) is 0.975. The van der Waals surface area contributed by atoms with Gasteiger partial charge >= 0.3 is 0 Å². The summed E-state index contributed by atoms with van der Waals surface area (Å²) in [6.45, 7) is 0. The Morgan fingerprint density at radius 1 is 1.54 bits per heavy atom. The maximum absolute atomic E-state index is 8.75. The van der Waals surface area contributed by atoms with E-state index in [4.69, 9.17) is 21.6 Å². The maximum Gasteiger partial charge on any atom is 0.159 e. The summed E-state index contributed by atoms with van der Waals surface area (Å²) in [5.74, 6) is 0.474. The molecule has 0 aliphatic heterocycles. The van der Waals surface area contributed by atoms with Crippen LogP contribution in [-0.2, 0) is 0 Å². The lowest BCUT2D eigenvalue weighted by Gasteiger charge is -2.06. The highest BCUT2D eigenvalue weighted by atomic mass is 35.5. The highest BCUT2D eigenvalue weighted by molar-refractivity contribution is 6.32. The van der Waals surface area contributed by atoms with Crippen LogP contribution in [0.2, 0.25) is 5.02 Å². The van der Waals surface area contributed by atoms with Crippen molar-refractivity contribution in [3.63, 3.8) is 0 Å².